The van der Waals surface area contributed by atoms with Crippen molar-refractivity contribution >= 4 is 11.6 Å². The van der Waals surface area contributed by atoms with E-state index in [1.54, 1.807) is 25.9 Å². The molecule has 0 spiro atoms. The van der Waals surface area contributed by atoms with Gasteiger partial charge in [-0.3, -0.25) is 14.5 Å². The lowest BCUT2D eigenvalue weighted by Crippen LogP contribution is -2.59. The molecule has 0 radical (unpaired) electrons. The average Bonchev–Trinajstić information content (AvgIpc) is 3.46. The van der Waals surface area contributed by atoms with Crippen LogP contribution in [0.25, 0.3) is 0 Å². The van der Waals surface area contributed by atoms with Crippen LogP contribution in [0.1, 0.15) is 61.2 Å². The summed E-state index contributed by atoms with van der Waals surface area (Å²) < 4.78 is 33.2. The summed E-state index contributed by atoms with van der Waals surface area (Å²) in [6.07, 6.45) is 0.174. The highest BCUT2D eigenvalue weighted by Gasteiger charge is 2.64. The number of aliphatic hydroxyl groups excluding tert-OH is 1. The predicted molar refractivity (Wildman–Crippen MR) is 164 cm³/mol. The van der Waals surface area contributed by atoms with Crippen LogP contribution in [0.5, 0.6) is 11.6 Å². The number of allylic oxidation sites excluding steroid dienone is 1. The van der Waals surface area contributed by atoms with Gasteiger partial charge in [0.2, 0.25) is 5.78 Å². The van der Waals surface area contributed by atoms with Crippen LogP contribution in [0.3, 0.4) is 0 Å². The summed E-state index contributed by atoms with van der Waals surface area (Å²) in [4.78, 5) is 30.3. The molecule has 4 aromatic rings. The molecule has 0 saturated heterocycles. The molecule has 46 heavy (non-hydrogen) atoms. The molecule has 1 heterocycles. The Morgan fingerprint density at radius 1 is 1.00 bits per heavy atom. The van der Waals surface area contributed by atoms with Crippen LogP contribution in [0.15, 0.2) is 82.6 Å². The number of carbonyl (C=O) groups excluding carboxylic acids is 2. The highest BCUT2D eigenvalue weighted by Crippen LogP contribution is 2.56. The lowest BCUT2D eigenvalue weighted by Gasteiger charge is -2.49. The third kappa shape index (κ3) is 4.54. The second-order valence-corrected chi connectivity index (χ2v) is 12.5. The number of ketones is 2. The Kier molecular flexibility index (Phi) is 7.29. The van der Waals surface area contributed by atoms with E-state index in [0.29, 0.717) is 5.56 Å². The molecule has 4 atom stereocenters. The number of aromatic nitrogens is 1. The van der Waals surface area contributed by atoms with Gasteiger partial charge in [-0.1, -0.05) is 60.7 Å². The van der Waals surface area contributed by atoms with Gasteiger partial charge in [0.15, 0.2) is 17.1 Å². The number of aliphatic hydroxyl groups is 2. The molecule has 2 N–H and O–H groups in total. The van der Waals surface area contributed by atoms with Gasteiger partial charge in [0.05, 0.1) is 11.6 Å². The predicted octanol–water partition coefficient (Wildman–Crippen LogP) is 5.70. The highest BCUT2D eigenvalue weighted by atomic mass is 19.1. The molecule has 0 bridgehead atoms. The van der Waals surface area contributed by atoms with E-state index in [9.17, 15) is 19.8 Å². The van der Waals surface area contributed by atoms with Crippen molar-refractivity contribution in [2.45, 2.75) is 44.6 Å². The zero-order chi connectivity index (χ0) is 32.3. The summed E-state index contributed by atoms with van der Waals surface area (Å²) in [7, 11) is 3.52. The van der Waals surface area contributed by atoms with Crippen molar-refractivity contribution in [2.75, 3.05) is 14.1 Å². The quantitative estimate of drug-likeness (QED) is 0.267. The molecule has 9 nitrogen and oxygen atoms in total. The first kappa shape index (κ1) is 29.9. The number of hydrogen-bond acceptors (Lipinski definition) is 9. The summed E-state index contributed by atoms with van der Waals surface area (Å²) in [6.45, 7) is 1.87. The van der Waals surface area contributed by atoms with Gasteiger partial charge in [-0.25, -0.2) is 4.39 Å². The van der Waals surface area contributed by atoms with Crippen LogP contribution in [0.2, 0.25) is 0 Å². The average molecular weight is 625 g/mol. The standard InChI is InChI=1S/C36H33FN2O7/c1-19-14-25(37)23-15-22-16-24-29(39(2)3)32-28(35(38-46-32)45-18-21-12-8-5-9-13-21)34(42)36(24,43)33(41)26(22)30(40)27(23)31(19)44-17-20-10-6-4-7-11-20/h4-14,22,24,29,41,43H,15-18H2,1-3H3/t22-,24-,29-,36-/m0/s1. The van der Waals surface area contributed by atoms with Crippen molar-refractivity contribution < 1.29 is 38.2 Å². The van der Waals surface area contributed by atoms with Gasteiger partial charge in [-0.15, -0.1) is 0 Å². The van der Waals surface area contributed by atoms with Crippen LogP contribution in [-0.2, 0) is 19.6 Å². The van der Waals surface area contributed by atoms with E-state index >= 15 is 4.39 Å². The van der Waals surface area contributed by atoms with Crippen molar-refractivity contribution in [1.82, 2.24) is 10.1 Å². The Balaban J connectivity index is 1.31. The first-order valence-corrected chi connectivity index (χ1v) is 15.2. The molecule has 7 rings (SSSR count). The second kappa shape index (κ2) is 11.2. The van der Waals surface area contributed by atoms with E-state index in [4.69, 9.17) is 14.0 Å². The van der Waals surface area contributed by atoms with E-state index in [2.05, 4.69) is 5.16 Å². The SMILES string of the molecule is Cc1cc(F)c2c(c1OCc1ccccc1)C(=O)C1=C(O)[C@]3(O)C(=O)c4c(OCc5ccccc5)noc4[C@@H](N(C)C)[C@@H]3C[C@@H]1C2. The number of ether oxygens (including phenoxy) is 2. The Hall–Kier alpha value is -4.80. The van der Waals surface area contributed by atoms with Crippen LogP contribution in [-0.4, -0.2) is 51.5 Å². The maximum atomic E-state index is 15.5. The summed E-state index contributed by atoms with van der Waals surface area (Å²) in [6, 6.07) is 19.3. The monoisotopic (exact) mass is 624 g/mol. The Morgan fingerprint density at radius 2 is 1.63 bits per heavy atom. The molecule has 3 aliphatic carbocycles. The summed E-state index contributed by atoms with van der Waals surface area (Å²) in [5, 5.41) is 28.2. The van der Waals surface area contributed by atoms with Crippen LogP contribution < -0.4 is 9.47 Å². The number of fused-ring (bicyclic) bond motifs is 4. The molecule has 0 aliphatic heterocycles. The Labute approximate surface area is 264 Å². The number of hydrogen-bond donors (Lipinski definition) is 2. The molecular weight excluding hydrogens is 591 g/mol. The number of halogens is 1. The maximum absolute atomic E-state index is 15.5. The van der Waals surface area contributed by atoms with Crippen molar-refractivity contribution in [3.8, 4) is 11.6 Å². The molecule has 1 aromatic heterocycles. The zero-order valence-corrected chi connectivity index (χ0v) is 25.6. The number of rotatable bonds is 7. The fourth-order valence-electron chi connectivity index (χ4n) is 7.30. The summed E-state index contributed by atoms with van der Waals surface area (Å²) in [5.74, 6) is -4.13. The molecule has 0 fully saturated rings. The Bertz CT molecular complexity index is 1890. The van der Waals surface area contributed by atoms with Gasteiger partial charge in [-0.05, 0) is 67.7 Å². The van der Waals surface area contributed by atoms with Gasteiger partial charge >= 0.3 is 0 Å². The third-order valence-electron chi connectivity index (χ3n) is 9.45. The molecule has 0 amide bonds. The molecular formula is C36H33FN2O7. The second-order valence-electron chi connectivity index (χ2n) is 12.5. The Morgan fingerprint density at radius 3 is 2.26 bits per heavy atom. The van der Waals surface area contributed by atoms with Gasteiger partial charge in [0, 0.05) is 17.1 Å². The summed E-state index contributed by atoms with van der Waals surface area (Å²) in [5.41, 5.74) is -0.394. The van der Waals surface area contributed by atoms with Crippen molar-refractivity contribution in [3.05, 3.63) is 123 Å². The number of benzene rings is 3. The van der Waals surface area contributed by atoms with Gasteiger partial charge < -0.3 is 24.2 Å². The summed E-state index contributed by atoms with van der Waals surface area (Å²) >= 11 is 0. The fraction of sp³-hybridized carbons (Fsp3) is 0.306. The largest absolute Gasteiger partial charge is 0.508 e. The highest BCUT2D eigenvalue weighted by molar-refractivity contribution is 6.16. The van der Waals surface area contributed by atoms with Crippen molar-refractivity contribution in [3.63, 3.8) is 0 Å². The minimum absolute atomic E-state index is 0.00162. The first-order chi connectivity index (χ1) is 22.1. The van der Waals surface area contributed by atoms with E-state index in [0.717, 1.165) is 11.1 Å². The topological polar surface area (TPSA) is 122 Å². The third-order valence-corrected chi connectivity index (χ3v) is 9.45. The molecule has 236 valence electrons. The van der Waals surface area contributed by atoms with Crippen molar-refractivity contribution in [1.29, 1.82) is 0 Å². The minimum atomic E-state index is -2.48. The molecule has 3 aliphatic rings. The fourth-order valence-corrected chi connectivity index (χ4v) is 7.30. The van der Waals surface area contributed by atoms with Gasteiger partial charge in [0.25, 0.3) is 5.88 Å². The van der Waals surface area contributed by atoms with Crippen LogP contribution in [0.4, 0.5) is 4.39 Å². The van der Waals surface area contributed by atoms with Gasteiger partial charge in [-0.2, -0.15) is 0 Å². The number of Topliss-reactive ketones (excluding diaryl/α,β-unsaturated/α-hetero) is 2. The molecule has 0 unspecified atom stereocenters. The van der Waals surface area contributed by atoms with Gasteiger partial charge in [0.1, 0.15) is 36.1 Å². The van der Waals surface area contributed by atoms with E-state index in [-0.39, 0.29) is 65.7 Å². The first-order valence-electron chi connectivity index (χ1n) is 15.2. The maximum Gasteiger partial charge on any atom is 0.265 e. The van der Waals surface area contributed by atoms with Crippen LogP contribution >= 0.6 is 0 Å². The zero-order valence-electron chi connectivity index (χ0n) is 25.6. The van der Waals surface area contributed by atoms with E-state index in [1.165, 1.54) is 6.07 Å². The minimum Gasteiger partial charge on any atom is -0.508 e. The number of carbonyl (C=O) groups is 2. The lowest BCUT2D eigenvalue weighted by molar-refractivity contribution is -0.0559. The number of nitrogens with zero attached hydrogens (tertiary/aromatic N) is 2. The lowest BCUT2D eigenvalue weighted by atomic mass is 9.58. The number of aryl methyl sites for hydroxylation is 1. The van der Waals surface area contributed by atoms with E-state index in [1.807, 2.05) is 60.7 Å². The van der Waals surface area contributed by atoms with Crippen LogP contribution in [0, 0.1) is 24.6 Å². The van der Waals surface area contributed by atoms with Crippen molar-refractivity contribution in [2.24, 2.45) is 11.8 Å². The molecule has 0 saturated carbocycles. The smallest absolute Gasteiger partial charge is 0.265 e. The molecule has 3 aromatic carbocycles. The van der Waals surface area contributed by atoms with E-state index < -0.39 is 46.6 Å². The normalized spacial score (nSPS) is 23.5. The molecule has 10 heteroatoms.